The summed E-state index contributed by atoms with van der Waals surface area (Å²) in [5, 5.41) is 4.93. The second-order valence-electron chi connectivity index (χ2n) is 7.07. The number of anilines is 2. The van der Waals surface area contributed by atoms with E-state index in [1.807, 2.05) is 24.3 Å². The molecule has 7 heteroatoms. The van der Waals surface area contributed by atoms with E-state index in [1.54, 1.807) is 0 Å². The molecule has 4 rings (SSSR count). The first kappa shape index (κ1) is 20.0. The van der Waals surface area contributed by atoms with Gasteiger partial charge in [-0.1, -0.05) is 35.9 Å². The van der Waals surface area contributed by atoms with Crippen molar-refractivity contribution < 1.29 is 0 Å². The number of aryl methyl sites for hydroxylation is 2. The van der Waals surface area contributed by atoms with E-state index in [0.717, 1.165) is 65.2 Å². The Kier molecular flexibility index (Phi) is 6.23. The summed E-state index contributed by atoms with van der Waals surface area (Å²) in [6.45, 7) is 8.11. The summed E-state index contributed by atoms with van der Waals surface area (Å²) in [6, 6.07) is 16.1. The van der Waals surface area contributed by atoms with E-state index >= 15 is 0 Å². The monoisotopic (exact) mass is 425 g/mol. The first-order chi connectivity index (χ1) is 14.1. The third-order valence-corrected chi connectivity index (χ3v) is 6.03. The summed E-state index contributed by atoms with van der Waals surface area (Å²) >= 11 is 7.94. The van der Waals surface area contributed by atoms with Gasteiger partial charge in [-0.2, -0.15) is 0 Å². The number of nitrogens with one attached hydrogen (secondary N) is 2. The minimum atomic E-state index is 0.650. The molecule has 0 bridgehead atoms. The van der Waals surface area contributed by atoms with Gasteiger partial charge < -0.3 is 14.9 Å². The van der Waals surface area contributed by atoms with Crippen LogP contribution in [0.3, 0.4) is 0 Å². The Morgan fingerprint density at radius 2 is 1.69 bits per heavy atom. The van der Waals surface area contributed by atoms with Crippen molar-refractivity contribution in [3.8, 4) is 11.3 Å². The molecule has 0 spiro atoms. The molecule has 29 heavy (non-hydrogen) atoms. The molecule has 1 aromatic carbocycles. The van der Waals surface area contributed by atoms with Crippen LogP contribution in [0.25, 0.3) is 11.3 Å². The highest BCUT2D eigenvalue weighted by molar-refractivity contribution is 8.00. The molecule has 0 saturated carbocycles. The van der Waals surface area contributed by atoms with Crippen LogP contribution < -0.4 is 14.9 Å². The SMILES string of the molecule is Cc1cccc(C)c1-c1nc(NSc2cccc(N3CCNCC3)n2)ccc1Cl. The predicted octanol–water partition coefficient (Wildman–Crippen LogP) is 4.94. The lowest BCUT2D eigenvalue weighted by atomic mass is 9.99. The van der Waals surface area contributed by atoms with Crippen molar-refractivity contribution in [2.24, 2.45) is 0 Å². The van der Waals surface area contributed by atoms with Crippen molar-refractivity contribution >= 4 is 35.2 Å². The molecule has 0 aliphatic carbocycles. The van der Waals surface area contributed by atoms with Crippen LogP contribution in [0.15, 0.2) is 53.6 Å². The Labute approximate surface area is 181 Å². The highest BCUT2D eigenvalue weighted by atomic mass is 35.5. The van der Waals surface area contributed by atoms with Crippen LogP contribution in [0.2, 0.25) is 5.02 Å². The van der Waals surface area contributed by atoms with Gasteiger partial charge in [-0.25, -0.2) is 9.97 Å². The highest BCUT2D eigenvalue weighted by Crippen LogP contribution is 2.33. The fourth-order valence-electron chi connectivity index (χ4n) is 3.50. The molecule has 3 aromatic rings. The first-order valence-electron chi connectivity index (χ1n) is 9.70. The summed E-state index contributed by atoms with van der Waals surface area (Å²) < 4.78 is 3.32. The van der Waals surface area contributed by atoms with E-state index in [-0.39, 0.29) is 0 Å². The van der Waals surface area contributed by atoms with Crippen LogP contribution in [-0.4, -0.2) is 36.1 Å². The van der Waals surface area contributed by atoms with E-state index in [4.69, 9.17) is 21.6 Å². The zero-order valence-corrected chi connectivity index (χ0v) is 18.1. The topological polar surface area (TPSA) is 53.1 Å². The Hall–Kier alpha value is -2.28. The molecule has 0 unspecified atom stereocenters. The number of rotatable bonds is 5. The van der Waals surface area contributed by atoms with E-state index < -0.39 is 0 Å². The smallest absolute Gasteiger partial charge is 0.136 e. The third-order valence-electron chi connectivity index (χ3n) is 4.97. The van der Waals surface area contributed by atoms with Gasteiger partial charge in [-0.05, 0) is 49.2 Å². The molecule has 0 amide bonds. The van der Waals surface area contributed by atoms with Crippen LogP contribution in [0, 0.1) is 13.8 Å². The maximum Gasteiger partial charge on any atom is 0.136 e. The molecular formula is C22H24ClN5S. The van der Waals surface area contributed by atoms with Gasteiger partial charge in [0, 0.05) is 43.7 Å². The van der Waals surface area contributed by atoms with E-state index in [1.165, 1.54) is 11.9 Å². The molecule has 1 aliphatic heterocycles. The van der Waals surface area contributed by atoms with Crippen LogP contribution >= 0.6 is 23.5 Å². The number of pyridine rings is 2. The zero-order chi connectivity index (χ0) is 20.2. The number of hydrogen-bond donors (Lipinski definition) is 2. The van der Waals surface area contributed by atoms with Crippen LogP contribution in [0.4, 0.5) is 11.6 Å². The van der Waals surface area contributed by atoms with Crippen LogP contribution in [0.1, 0.15) is 11.1 Å². The Balaban J connectivity index is 1.52. The van der Waals surface area contributed by atoms with Crippen molar-refractivity contribution in [3.63, 3.8) is 0 Å². The van der Waals surface area contributed by atoms with E-state index in [2.05, 4.69) is 53.1 Å². The van der Waals surface area contributed by atoms with Crippen molar-refractivity contribution in [1.82, 2.24) is 15.3 Å². The number of hydrogen-bond acceptors (Lipinski definition) is 6. The number of benzene rings is 1. The molecule has 150 valence electrons. The summed E-state index contributed by atoms with van der Waals surface area (Å²) in [6.07, 6.45) is 0. The molecule has 3 heterocycles. The number of piperazine rings is 1. The standard InChI is InChI=1S/C22H24ClN5S/c1-15-5-3-6-16(2)21(15)22-17(23)9-10-18(25-22)27-29-20-8-4-7-19(26-20)28-13-11-24-12-14-28/h3-10,24H,11-14H2,1-2H3,(H,25,27). The average molecular weight is 426 g/mol. The van der Waals surface area contributed by atoms with Gasteiger partial charge in [0.25, 0.3) is 0 Å². The van der Waals surface area contributed by atoms with Crippen molar-refractivity contribution in [3.05, 3.63) is 64.7 Å². The van der Waals surface area contributed by atoms with Crippen molar-refractivity contribution in [2.45, 2.75) is 18.9 Å². The quantitative estimate of drug-likeness (QED) is 0.564. The minimum Gasteiger partial charge on any atom is -0.354 e. The summed E-state index contributed by atoms with van der Waals surface area (Å²) in [5.74, 6) is 1.77. The zero-order valence-electron chi connectivity index (χ0n) is 16.6. The summed E-state index contributed by atoms with van der Waals surface area (Å²) in [7, 11) is 0. The largest absolute Gasteiger partial charge is 0.354 e. The predicted molar refractivity (Wildman–Crippen MR) is 123 cm³/mol. The van der Waals surface area contributed by atoms with Crippen molar-refractivity contribution in [2.75, 3.05) is 35.8 Å². The molecule has 1 fully saturated rings. The third kappa shape index (κ3) is 4.66. The van der Waals surface area contributed by atoms with Gasteiger partial charge in [0.1, 0.15) is 16.7 Å². The molecular weight excluding hydrogens is 402 g/mol. The first-order valence-corrected chi connectivity index (χ1v) is 10.9. The summed E-state index contributed by atoms with van der Waals surface area (Å²) in [4.78, 5) is 11.9. The summed E-state index contributed by atoms with van der Waals surface area (Å²) in [5.41, 5.74) is 4.21. The van der Waals surface area contributed by atoms with Gasteiger partial charge in [0.2, 0.25) is 0 Å². The molecule has 0 radical (unpaired) electrons. The van der Waals surface area contributed by atoms with Gasteiger partial charge >= 0.3 is 0 Å². The Bertz CT molecular complexity index is 984. The normalized spacial score (nSPS) is 14.1. The van der Waals surface area contributed by atoms with Crippen molar-refractivity contribution in [1.29, 1.82) is 0 Å². The molecule has 5 nitrogen and oxygen atoms in total. The molecule has 2 N–H and O–H groups in total. The lowest BCUT2D eigenvalue weighted by Gasteiger charge is -2.28. The second-order valence-corrected chi connectivity index (χ2v) is 8.30. The number of aromatic nitrogens is 2. The van der Waals surface area contributed by atoms with Gasteiger partial charge in [0.05, 0.1) is 10.7 Å². The molecule has 1 saturated heterocycles. The fraction of sp³-hybridized carbons (Fsp3) is 0.273. The maximum atomic E-state index is 6.48. The highest BCUT2D eigenvalue weighted by Gasteiger charge is 2.14. The average Bonchev–Trinajstić information content (AvgIpc) is 2.75. The lowest BCUT2D eigenvalue weighted by molar-refractivity contribution is 0.584. The maximum absolute atomic E-state index is 6.48. The van der Waals surface area contributed by atoms with Gasteiger partial charge in [-0.15, -0.1) is 0 Å². The van der Waals surface area contributed by atoms with Crippen LogP contribution in [-0.2, 0) is 0 Å². The van der Waals surface area contributed by atoms with E-state index in [9.17, 15) is 0 Å². The molecule has 0 atom stereocenters. The Morgan fingerprint density at radius 3 is 2.45 bits per heavy atom. The second kappa shape index (κ2) is 9.03. The Morgan fingerprint density at radius 1 is 0.966 bits per heavy atom. The molecule has 1 aliphatic rings. The number of nitrogens with zero attached hydrogens (tertiary/aromatic N) is 3. The number of halogens is 1. The van der Waals surface area contributed by atoms with Gasteiger partial charge in [-0.3, -0.25) is 0 Å². The molecule has 2 aromatic heterocycles. The lowest BCUT2D eigenvalue weighted by Crippen LogP contribution is -2.43. The fourth-order valence-corrected chi connectivity index (χ4v) is 4.31. The van der Waals surface area contributed by atoms with E-state index in [0.29, 0.717) is 5.02 Å². The van der Waals surface area contributed by atoms with Crippen LogP contribution in [0.5, 0.6) is 0 Å². The minimum absolute atomic E-state index is 0.650. The van der Waals surface area contributed by atoms with Gasteiger partial charge in [0.15, 0.2) is 0 Å².